The molecule has 2 N–H and O–H groups in total. The molecule has 5 nitrogen and oxygen atoms in total. The van der Waals surface area contributed by atoms with Crippen LogP contribution in [0, 0.1) is 0 Å². The second kappa shape index (κ2) is 4.67. The molecule has 0 bridgehead atoms. The first-order valence-electron chi connectivity index (χ1n) is 5.14. The van der Waals surface area contributed by atoms with Crippen molar-refractivity contribution in [1.29, 1.82) is 0 Å². The lowest BCUT2D eigenvalue weighted by Gasteiger charge is -2.09. The Balaban J connectivity index is 2.00. The first kappa shape index (κ1) is 10.5. The number of nitrogens with one attached hydrogen (secondary N) is 2. The third-order valence-corrected chi connectivity index (χ3v) is 3.26. The van der Waals surface area contributed by atoms with Crippen LogP contribution in [0.25, 0.3) is 0 Å². The summed E-state index contributed by atoms with van der Waals surface area (Å²) >= 11 is 1.17. The summed E-state index contributed by atoms with van der Waals surface area (Å²) in [6, 6.07) is 0.254. The van der Waals surface area contributed by atoms with Crippen LogP contribution in [-0.2, 0) is 6.42 Å². The van der Waals surface area contributed by atoms with E-state index in [0.717, 1.165) is 31.6 Å². The Bertz CT molecular complexity index is 346. The third kappa shape index (κ3) is 2.32. The molecule has 15 heavy (non-hydrogen) atoms. The largest absolute Gasteiger partial charge is 0.347 e. The average molecular weight is 226 g/mol. The Labute approximate surface area is 92.4 Å². The van der Waals surface area contributed by atoms with Crippen molar-refractivity contribution in [2.24, 2.45) is 0 Å². The molecule has 0 spiro atoms. The van der Waals surface area contributed by atoms with E-state index in [9.17, 15) is 4.79 Å². The number of aryl methyl sites for hydroxylation is 1. The van der Waals surface area contributed by atoms with Gasteiger partial charge in [-0.15, -0.1) is 5.10 Å². The minimum absolute atomic E-state index is 0.0319. The zero-order valence-electron chi connectivity index (χ0n) is 8.62. The molecule has 1 aromatic rings. The Morgan fingerprint density at radius 1 is 1.73 bits per heavy atom. The van der Waals surface area contributed by atoms with E-state index in [1.54, 1.807) is 0 Å². The van der Waals surface area contributed by atoms with Gasteiger partial charge < -0.3 is 10.6 Å². The highest BCUT2D eigenvalue weighted by Crippen LogP contribution is 2.11. The van der Waals surface area contributed by atoms with Gasteiger partial charge in [0.15, 0.2) is 0 Å². The van der Waals surface area contributed by atoms with Crippen molar-refractivity contribution >= 4 is 17.4 Å². The average Bonchev–Trinajstić information content (AvgIpc) is 2.86. The molecule has 0 aromatic carbocycles. The monoisotopic (exact) mass is 226 g/mol. The van der Waals surface area contributed by atoms with Gasteiger partial charge in [0, 0.05) is 12.6 Å². The Hall–Kier alpha value is -1.01. The molecule has 1 atom stereocenters. The molecule has 2 rings (SSSR count). The Kier molecular flexibility index (Phi) is 3.27. The highest BCUT2D eigenvalue weighted by Gasteiger charge is 2.20. The molecule has 1 amide bonds. The van der Waals surface area contributed by atoms with Crippen LogP contribution in [-0.4, -0.2) is 34.6 Å². The van der Waals surface area contributed by atoms with Crippen LogP contribution in [0.15, 0.2) is 0 Å². The van der Waals surface area contributed by atoms with Gasteiger partial charge in [-0.1, -0.05) is 11.4 Å². The van der Waals surface area contributed by atoms with Crippen LogP contribution in [0.1, 0.15) is 28.7 Å². The highest BCUT2D eigenvalue weighted by atomic mass is 32.1. The molecule has 1 saturated heterocycles. The standard InChI is InChI=1S/C9H14N4OS/c1-2-7-8(15-13-12-7)9(14)11-6-3-4-10-5-6/h6,10H,2-5H2,1H3,(H,11,14). The molecule has 0 radical (unpaired) electrons. The quantitative estimate of drug-likeness (QED) is 0.772. The molecule has 1 aliphatic heterocycles. The maximum atomic E-state index is 11.8. The summed E-state index contributed by atoms with van der Waals surface area (Å²) in [4.78, 5) is 12.5. The van der Waals surface area contributed by atoms with E-state index in [4.69, 9.17) is 0 Å². The van der Waals surface area contributed by atoms with Crippen LogP contribution in [0.2, 0.25) is 0 Å². The van der Waals surface area contributed by atoms with Gasteiger partial charge in [-0.25, -0.2) is 0 Å². The van der Waals surface area contributed by atoms with Crippen molar-refractivity contribution in [3.8, 4) is 0 Å². The lowest BCUT2D eigenvalue weighted by molar-refractivity contribution is 0.0943. The Morgan fingerprint density at radius 3 is 3.27 bits per heavy atom. The summed E-state index contributed by atoms with van der Waals surface area (Å²) < 4.78 is 3.80. The Morgan fingerprint density at radius 2 is 2.60 bits per heavy atom. The molecule has 1 aromatic heterocycles. The van der Waals surface area contributed by atoms with E-state index in [0.29, 0.717) is 4.88 Å². The summed E-state index contributed by atoms with van der Waals surface area (Å²) in [5, 5.41) is 10.1. The van der Waals surface area contributed by atoms with E-state index in [-0.39, 0.29) is 11.9 Å². The molecule has 82 valence electrons. The molecular formula is C9H14N4OS. The van der Waals surface area contributed by atoms with Gasteiger partial charge >= 0.3 is 0 Å². The van der Waals surface area contributed by atoms with E-state index < -0.39 is 0 Å². The van der Waals surface area contributed by atoms with E-state index in [1.807, 2.05) is 6.92 Å². The minimum Gasteiger partial charge on any atom is -0.347 e. The van der Waals surface area contributed by atoms with E-state index in [2.05, 4.69) is 20.2 Å². The molecule has 0 saturated carbocycles. The van der Waals surface area contributed by atoms with E-state index in [1.165, 1.54) is 11.5 Å². The molecule has 1 aliphatic rings. The first-order chi connectivity index (χ1) is 7.31. The maximum Gasteiger partial charge on any atom is 0.265 e. The van der Waals surface area contributed by atoms with Gasteiger partial charge in [-0.3, -0.25) is 4.79 Å². The fourth-order valence-electron chi connectivity index (χ4n) is 1.64. The van der Waals surface area contributed by atoms with Gasteiger partial charge in [-0.2, -0.15) is 0 Å². The number of nitrogens with zero attached hydrogens (tertiary/aromatic N) is 2. The topological polar surface area (TPSA) is 66.9 Å². The fourth-order valence-corrected chi connectivity index (χ4v) is 2.29. The van der Waals surface area contributed by atoms with Gasteiger partial charge in [0.1, 0.15) is 4.88 Å². The number of hydrogen-bond donors (Lipinski definition) is 2. The van der Waals surface area contributed by atoms with Crippen LogP contribution in [0.3, 0.4) is 0 Å². The van der Waals surface area contributed by atoms with E-state index >= 15 is 0 Å². The number of rotatable bonds is 3. The summed E-state index contributed by atoms with van der Waals surface area (Å²) in [6.45, 7) is 3.82. The van der Waals surface area contributed by atoms with Crippen LogP contribution >= 0.6 is 11.5 Å². The second-order valence-electron chi connectivity index (χ2n) is 3.57. The van der Waals surface area contributed by atoms with Crippen LogP contribution < -0.4 is 10.6 Å². The number of amides is 1. The predicted molar refractivity (Wildman–Crippen MR) is 58.0 cm³/mol. The molecule has 2 heterocycles. The number of carbonyl (C=O) groups is 1. The van der Waals surface area contributed by atoms with Crippen molar-refractivity contribution in [3.05, 3.63) is 10.6 Å². The maximum absolute atomic E-state index is 11.8. The molecule has 1 unspecified atom stereocenters. The van der Waals surface area contributed by atoms with Crippen molar-refractivity contribution < 1.29 is 4.79 Å². The normalized spacial score (nSPS) is 20.5. The predicted octanol–water partition coefficient (Wildman–Crippen LogP) is 0.192. The minimum atomic E-state index is -0.0319. The summed E-state index contributed by atoms with van der Waals surface area (Å²) in [6.07, 6.45) is 1.75. The molecule has 0 aliphatic carbocycles. The van der Waals surface area contributed by atoms with Crippen LogP contribution in [0.5, 0.6) is 0 Å². The second-order valence-corrected chi connectivity index (χ2v) is 4.32. The number of hydrogen-bond acceptors (Lipinski definition) is 5. The summed E-state index contributed by atoms with van der Waals surface area (Å²) in [5.41, 5.74) is 0.795. The van der Waals surface area contributed by atoms with Gasteiger partial charge in [-0.05, 0) is 30.9 Å². The molecule has 1 fully saturated rings. The van der Waals surface area contributed by atoms with Gasteiger partial charge in [0.25, 0.3) is 5.91 Å². The molecular weight excluding hydrogens is 212 g/mol. The highest BCUT2D eigenvalue weighted by molar-refractivity contribution is 7.08. The third-order valence-electron chi connectivity index (χ3n) is 2.49. The first-order valence-corrected chi connectivity index (χ1v) is 5.91. The lowest BCUT2D eigenvalue weighted by atomic mass is 10.2. The van der Waals surface area contributed by atoms with Gasteiger partial charge in [0.2, 0.25) is 0 Å². The zero-order chi connectivity index (χ0) is 10.7. The number of aromatic nitrogens is 2. The fraction of sp³-hybridized carbons (Fsp3) is 0.667. The van der Waals surface area contributed by atoms with Crippen molar-refractivity contribution in [2.45, 2.75) is 25.8 Å². The van der Waals surface area contributed by atoms with Gasteiger partial charge in [0.05, 0.1) is 5.69 Å². The summed E-state index contributed by atoms with van der Waals surface area (Å²) in [7, 11) is 0. The van der Waals surface area contributed by atoms with Crippen LogP contribution in [0.4, 0.5) is 0 Å². The SMILES string of the molecule is CCc1nnsc1C(=O)NC1CCNC1. The van der Waals surface area contributed by atoms with Crippen molar-refractivity contribution in [2.75, 3.05) is 13.1 Å². The summed E-state index contributed by atoms with van der Waals surface area (Å²) in [5.74, 6) is -0.0319. The molecule has 6 heteroatoms. The smallest absolute Gasteiger partial charge is 0.265 e. The number of carbonyl (C=O) groups excluding carboxylic acids is 1. The lowest BCUT2D eigenvalue weighted by Crippen LogP contribution is -2.36. The van der Waals surface area contributed by atoms with Crippen molar-refractivity contribution in [3.63, 3.8) is 0 Å². The zero-order valence-corrected chi connectivity index (χ0v) is 9.43. The van der Waals surface area contributed by atoms with Crippen molar-refractivity contribution in [1.82, 2.24) is 20.2 Å².